The zero-order valence-corrected chi connectivity index (χ0v) is 10.2. The molecule has 0 heterocycles. The first-order valence-electron chi connectivity index (χ1n) is 5.48. The van der Waals surface area contributed by atoms with E-state index in [0.29, 0.717) is 17.8 Å². The second-order valence-corrected chi connectivity index (χ2v) is 3.99. The first kappa shape index (κ1) is 13.8. The van der Waals surface area contributed by atoms with E-state index in [-0.39, 0.29) is 12.5 Å². The van der Waals surface area contributed by atoms with E-state index in [0.717, 1.165) is 5.57 Å². The van der Waals surface area contributed by atoms with E-state index in [2.05, 4.69) is 17.2 Å². The molecule has 0 aromatic heterocycles. The molecular weight excluding hydrogens is 232 g/mol. The van der Waals surface area contributed by atoms with Gasteiger partial charge in [0.25, 0.3) is 0 Å². The van der Waals surface area contributed by atoms with Gasteiger partial charge in [0.05, 0.1) is 6.42 Å². The predicted octanol–water partition coefficient (Wildman–Crippen LogP) is 2.01. The number of nitrogens with one attached hydrogen (secondary N) is 2. The molecule has 1 aromatic carbocycles. The highest BCUT2D eigenvalue weighted by atomic mass is 16.4. The summed E-state index contributed by atoms with van der Waals surface area (Å²) < 4.78 is 0. The average molecular weight is 248 g/mol. The molecule has 0 unspecified atom stereocenters. The van der Waals surface area contributed by atoms with Gasteiger partial charge in [-0.1, -0.05) is 30.4 Å². The first-order valence-corrected chi connectivity index (χ1v) is 5.48. The van der Waals surface area contributed by atoms with Crippen LogP contribution in [0.5, 0.6) is 0 Å². The monoisotopic (exact) mass is 248 g/mol. The number of anilines is 1. The van der Waals surface area contributed by atoms with E-state index in [1.54, 1.807) is 31.2 Å². The lowest BCUT2D eigenvalue weighted by Crippen LogP contribution is -2.30. The van der Waals surface area contributed by atoms with Crippen molar-refractivity contribution in [2.45, 2.75) is 13.3 Å². The number of hydrogen-bond donors (Lipinski definition) is 3. The largest absolute Gasteiger partial charge is 0.481 e. The minimum atomic E-state index is -0.938. The van der Waals surface area contributed by atoms with Crippen LogP contribution in [0.3, 0.4) is 0 Å². The van der Waals surface area contributed by atoms with Crippen molar-refractivity contribution in [3.05, 3.63) is 42.0 Å². The standard InChI is InChI=1S/C13H16N2O3/c1-9(2)8-14-13(18)15-11-6-4-3-5-10(11)7-12(16)17/h3-6H,1,7-8H2,2H3,(H,16,17)(H2,14,15,18). The van der Waals surface area contributed by atoms with Gasteiger partial charge in [-0.25, -0.2) is 4.79 Å². The normalized spacial score (nSPS) is 9.61. The number of para-hydroxylation sites is 1. The zero-order valence-electron chi connectivity index (χ0n) is 10.2. The number of amides is 2. The highest BCUT2D eigenvalue weighted by Crippen LogP contribution is 2.15. The Bertz CT molecular complexity index is 469. The fraction of sp³-hybridized carbons (Fsp3) is 0.231. The highest BCUT2D eigenvalue weighted by molar-refractivity contribution is 5.91. The first-order chi connectivity index (χ1) is 8.49. The third kappa shape index (κ3) is 4.69. The second-order valence-electron chi connectivity index (χ2n) is 3.99. The molecule has 96 valence electrons. The van der Waals surface area contributed by atoms with E-state index >= 15 is 0 Å². The number of carbonyl (C=O) groups excluding carboxylic acids is 1. The molecule has 1 aromatic rings. The van der Waals surface area contributed by atoms with Crippen LogP contribution in [0.15, 0.2) is 36.4 Å². The number of carboxylic acids is 1. The lowest BCUT2D eigenvalue weighted by atomic mass is 10.1. The Morgan fingerprint density at radius 3 is 2.61 bits per heavy atom. The third-order valence-corrected chi connectivity index (χ3v) is 2.16. The van der Waals surface area contributed by atoms with Crippen LogP contribution in [-0.4, -0.2) is 23.7 Å². The van der Waals surface area contributed by atoms with Gasteiger partial charge in [-0.15, -0.1) is 0 Å². The van der Waals surface area contributed by atoms with Gasteiger partial charge < -0.3 is 15.7 Å². The Hall–Kier alpha value is -2.30. The summed E-state index contributed by atoms with van der Waals surface area (Å²) in [5.41, 5.74) is 1.90. The molecule has 1 rings (SSSR count). The molecule has 0 bridgehead atoms. The highest BCUT2D eigenvalue weighted by Gasteiger charge is 2.08. The van der Waals surface area contributed by atoms with Crippen LogP contribution in [0.25, 0.3) is 0 Å². The molecule has 3 N–H and O–H groups in total. The van der Waals surface area contributed by atoms with Crippen LogP contribution in [0.2, 0.25) is 0 Å². The van der Waals surface area contributed by atoms with E-state index < -0.39 is 5.97 Å². The molecular formula is C13H16N2O3. The lowest BCUT2D eigenvalue weighted by Gasteiger charge is -2.10. The van der Waals surface area contributed by atoms with Gasteiger partial charge in [0.2, 0.25) is 0 Å². The molecule has 0 aliphatic heterocycles. The number of rotatable bonds is 5. The maximum Gasteiger partial charge on any atom is 0.319 e. The zero-order chi connectivity index (χ0) is 13.5. The number of aliphatic carboxylic acids is 1. The number of benzene rings is 1. The van der Waals surface area contributed by atoms with Crippen LogP contribution >= 0.6 is 0 Å². The van der Waals surface area contributed by atoms with Gasteiger partial charge in [0.15, 0.2) is 0 Å². The molecule has 0 atom stereocenters. The van der Waals surface area contributed by atoms with Gasteiger partial charge in [-0.3, -0.25) is 4.79 Å². The predicted molar refractivity (Wildman–Crippen MR) is 69.6 cm³/mol. The Balaban J connectivity index is 2.68. The summed E-state index contributed by atoms with van der Waals surface area (Å²) in [5.74, 6) is -0.938. The lowest BCUT2D eigenvalue weighted by molar-refractivity contribution is -0.136. The van der Waals surface area contributed by atoms with Crippen LogP contribution in [-0.2, 0) is 11.2 Å². The van der Waals surface area contributed by atoms with Gasteiger partial charge in [-0.2, -0.15) is 0 Å². The van der Waals surface area contributed by atoms with Gasteiger partial charge in [0.1, 0.15) is 0 Å². The fourth-order valence-electron chi connectivity index (χ4n) is 1.36. The van der Waals surface area contributed by atoms with Crippen LogP contribution in [0.4, 0.5) is 10.5 Å². The summed E-state index contributed by atoms with van der Waals surface area (Å²) in [4.78, 5) is 22.2. The minimum Gasteiger partial charge on any atom is -0.481 e. The molecule has 0 aliphatic rings. The molecule has 0 fully saturated rings. The maximum absolute atomic E-state index is 11.5. The van der Waals surface area contributed by atoms with Crippen molar-refractivity contribution in [1.29, 1.82) is 0 Å². The van der Waals surface area contributed by atoms with Crippen molar-refractivity contribution in [3.8, 4) is 0 Å². The summed E-state index contributed by atoms with van der Waals surface area (Å²) in [5, 5.41) is 14.0. The molecule has 0 saturated heterocycles. The van der Waals surface area contributed by atoms with E-state index in [1.807, 2.05) is 0 Å². The van der Waals surface area contributed by atoms with Gasteiger partial charge in [-0.05, 0) is 18.6 Å². The van der Waals surface area contributed by atoms with Crippen molar-refractivity contribution >= 4 is 17.7 Å². The Kier molecular flexibility index (Phi) is 4.92. The summed E-state index contributed by atoms with van der Waals surface area (Å²) in [7, 11) is 0. The van der Waals surface area contributed by atoms with E-state index in [1.165, 1.54) is 0 Å². The second kappa shape index (κ2) is 6.44. The minimum absolute atomic E-state index is 0.128. The van der Waals surface area contributed by atoms with Crippen molar-refractivity contribution in [2.75, 3.05) is 11.9 Å². The molecule has 0 spiro atoms. The summed E-state index contributed by atoms with van der Waals surface area (Å²) in [6.07, 6.45) is -0.128. The molecule has 2 amide bonds. The quantitative estimate of drug-likeness (QED) is 0.697. The topological polar surface area (TPSA) is 78.4 Å². The maximum atomic E-state index is 11.5. The Labute approximate surface area is 106 Å². The van der Waals surface area contributed by atoms with Crippen molar-refractivity contribution < 1.29 is 14.7 Å². The van der Waals surface area contributed by atoms with Crippen molar-refractivity contribution in [2.24, 2.45) is 0 Å². The van der Waals surface area contributed by atoms with Crippen LogP contribution < -0.4 is 10.6 Å². The molecule has 5 heteroatoms. The van der Waals surface area contributed by atoms with Gasteiger partial charge in [0, 0.05) is 12.2 Å². The van der Waals surface area contributed by atoms with Gasteiger partial charge >= 0.3 is 12.0 Å². The Morgan fingerprint density at radius 2 is 2.00 bits per heavy atom. The van der Waals surface area contributed by atoms with E-state index in [4.69, 9.17) is 5.11 Å². The van der Waals surface area contributed by atoms with Crippen molar-refractivity contribution in [3.63, 3.8) is 0 Å². The molecule has 0 aliphatic carbocycles. The SMILES string of the molecule is C=C(C)CNC(=O)Nc1ccccc1CC(=O)O. The molecule has 18 heavy (non-hydrogen) atoms. The number of carboxylic acid groups (broad SMARTS) is 1. The smallest absolute Gasteiger partial charge is 0.319 e. The summed E-state index contributed by atoms with van der Waals surface area (Å²) in [6, 6.07) is 6.42. The van der Waals surface area contributed by atoms with E-state index in [9.17, 15) is 9.59 Å². The summed E-state index contributed by atoms with van der Waals surface area (Å²) in [6.45, 7) is 5.86. The van der Waals surface area contributed by atoms with Crippen LogP contribution in [0, 0.1) is 0 Å². The number of carbonyl (C=O) groups is 2. The Morgan fingerprint density at radius 1 is 1.33 bits per heavy atom. The average Bonchev–Trinajstić information content (AvgIpc) is 2.28. The van der Waals surface area contributed by atoms with Crippen LogP contribution in [0.1, 0.15) is 12.5 Å². The fourth-order valence-corrected chi connectivity index (χ4v) is 1.36. The van der Waals surface area contributed by atoms with Crippen molar-refractivity contribution in [1.82, 2.24) is 5.32 Å². The summed E-state index contributed by atoms with van der Waals surface area (Å²) >= 11 is 0. The molecule has 5 nitrogen and oxygen atoms in total. The number of urea groups is 1. The third-order valence-electron chi connectivity index (χ3n) is 2.16. The molecule has 0 saturated carbocycles. The number of hydrogen-bond acceptors (Lipinski definition) is 2. The molecule has 0 radical (unpaired) electrons.